The summed E-state index contributed by atoms with van der Waals surface area (Å²) in [5.41, 5.74) is 2.89. The number of nitrogens with one attached hydrogen (secondary N) is 2. The standard InChI is InChI=1S/C16H20N4O4S.C16H22N4O2S.CO2/c1-25(22,23)19-8-12-3-2-6-20(9-12)16-14-7-13(24-11-21)4-5-15(14)17-10-18-16;1-12-5-6-15-14(8-12)16(18-11-17-15)20-7-3-4-13(10-20)9-19-23(2,21)22;2-1-3/h4-5,7,10-12,19H,2-3,6,8-9H2,1H3;5-6,8,11,13,19H,3-4,7,9-10H2,1-2H3;. The first-order valence-corrected chi connectivity index (χ1v) is 20.0. The van der Waals surface area contributed by atoms with Crippen molar-refractivity contribution in [2.45, 2.75) is 32.6 Å². The molecule has 2 unspecified atom stereocenters. The molecule has 2 aliphatic heterocycles. The van der Waals surface area contributed by atoms with E-state index in [1.54, 1.807) is 24.5 Å². The van der Waals surface area contributed by atoms with E-state index in [0.717, 1.165) is 78.8 Å². The Kier molecular flexibility index (Phi) is 13.9. The summed E-state index contributed by atoms with van der Waals surface area (Å²) in [4.78, 5) is 48.7. The monoisotopic (exact) mass is 742 g/mol. The van der Waals surface area contributed by atoms with Gasteiger partial charge >= 0.3 is 6.15 Å². The number of aromatic nitrogens is 4. The Hall–Kier alpha value is -4.61. The summed E-state index contributed by atoms with van der Waals surface area (Å²) in [7, 11) is -6.34. The Morgan fingerprint density at radius 3 is 1.73 bits per heavy atom. The Morgan fingerprint density at radius 1 is 0.784 bits per heavy atom. The lowest BCUT2D eigenvalue weighted by Crippen LogP contribution is -2.41. The lowest BCUT2D eigenvalue weighted by atomic mass is 9.98. The molecule has 0 bridgehead atoms. The van der Waals surface area contributed by atoms with Gasteiger partial charge in [0.15, 0.2) is 0 Å². The second-order valence-corrected chi connectivity index (χ2v) is 16.2. The fourth-order valence-corrected chi connectivity index (χ4v) is 7.28. The van der Waals surface area contributed by atoms with E-state index < -0.39 is 20.0 Å². The van der Waals surface area contributed by atoms with Crippen LogP contribution in [0.2, 0.25) is 0 Å². The van der Waals surface area contributed by atoms with E-state index in [2.05, 4.69) is 52.2 Å². The third-order valence-corrected chi connectivity index (χ3v) is 9.83. The molecule has 4 aromatic rings. The molecule has 0 spiro atoms. The van der Waals surface area contributed by atoms with Crippen molar-refractivity contribution in [3.05, 3.63) is 54.6 Å². The number of hydrogen-bond donors (Lipinski definition) is 2. The van der Waals surface area contributed by atoms with E-state index in [0.29, 0.717) is 37.8 Å². The number of rotatable bonds is 10. The molecule has 4 heterocycles. The molecule has 274 valence electrons. The lowest BCUT2D eigenvalue weighted by Gasteiger charge is -2.34. The van der Waals surface area contributed by atoms with Crippen LogP contribution in [0.15, 0.2) is 49.1 Å². The van der Waals surface area contributed by atoms with Crippen LogP contribution < -0.4 is 24.0 Å². The molecular weight excluding hydrogens is 701 g/mol. The quantitative estimate of drug-likeness (QED) is 0.223. The number of nitrogens with zero attached hydrogens (tertiary/aromatic N) is 6. The maximum atomic E-state index is 11.3. The zero-order valence-corrected chi connectivity index (χ0v) is 30.3. The van der Waals surface area contributed by atoms with Gasteiger partial charge in [0.25, 0.3) is 6.47 Å². The second kappa shape index (κ2) is 18.1. The molecule has 51 heavy (non-hydrogen) atoms. The molecule has 0 aliphatic carbocycles. The van der Waals surface area contributed by atoms with E-state index >= 15 is 0 Å². The average molecular weight is 743 g/mol. The highest BCUT2D eigenvalue weighted by Crippen LogP contribution is 2.30. The van der Waals surface area contributed by atoms with Gasteiger partial charge in [-0.25, -0.2) is 46.2 Å². The van der Waals surface area contributed by atoms with Gasteiger partial charge in [-0.05, 0) is 74.8 Å². The van der Waals surface area contributed by atoms with Crippen molar-refractivity contribution in [3.63, 3.8) is 0 Å². The highest BCUT2D eigenvalue weighted by atomic mass is 32.2. The highest BCUT2D eigenvalue weighted by molar-refractivity contribution is 7.89. The Labute approximate surface area is 297 Å². The third-order valence-electron chi connectivity index (χ3n) is 8.45. The maximum absolute atomic E-state index is 11.3. The van der Waals surface area contributed by atoms with Crippen molar-refractivity contribution in [3.8, 4) is 5.75 Å². The molecule has 6 rings (SSSR count). The van der Waals surface area contributed by atoms with E-state index in [-0.39, 0.29) is 12.1 Å². The van der Waals surface area contributed by atoms with Gasteiger partial charge in [-0.15, -0.1) is 0 Å². The van der Waals surface area contributed by atoms with E-state index in [1.807, 2.05) is 12.1 Å². The molecule has 2 N–H and O–H groups in total. The van der Waals surface area contributed by atoms with Gasteiger partial charge < -0.3 is 14.5 Å². The molecular formula is C33H42N8O8S2. The normalized spacial score (nSPS) is 17.8. The van der Waals surface area contributed by atoms with Crippen LogP contribution in [0.5, 0.6) is 5.75 Å². The van der Waals surface area contributed by atoms with Crippen molar-refractivity contribution in [2.75, 3.05) is 61.6 Å². The molecule has 0 amide bonds. The number of carbonyl (C=O) groups is 1. The Balaban J connectivity index is 0.000000213. The number of ether oxygens (including phenoxy) is 1. The third kappa shape index (κ3) is 12.0. The number of piperidine rings is 2. The molecule has 2 aliphatic rings. The van der Waals surface area contributed by atoms with Gasteiger partial charge in [0.2, 0.25) is 20.0 Å². The van der Waals surface area contributed by atoms with Crippen LogP contribution in [0.1, 0.15) is 31.2 Å². The SMILES string of the molecule is CS(=O)(=O)NCC1CCCN(c2ncnc3ccc(OC=O)cc23)C1.Cc1ccc2ncnc(N3CCCC(CNS(C)(=O)=O)C3)c2c1.O=C=O. The minimum atomic E-state index is -3.20. The number of fused-ring (bicyclic) bond motifs is 2. The van der Waals surface area contributed by atoms with Gasteiger partial charge in [0.05, 0.1) is 23.5 Å². The average Bonchev–Trinajstić information content (AvgIpc) is 3.10. The zero-order valence-electron chi connectivity index (χ0n) is 28.7. The van der Waals surface area contributed by atoms with Crippen LogP contribution in [0, 0.1) is 18.8 Å². The van der Waals surface area contributed by atoms with Crippen molar-refractivity contribution in [2.24, 2.45) is 11.8 Å². The van der Waals surface area contributed by atoms with Gasteiger partial charge in [0.1, 0.15) is 30.0 Å². The fraction of sp³-hybridized carbons (Fsp3) is 0.455. The fourth-order valence-electron chi connectivity index (χ4n) is 6.20. The van der Waals surface area contributed by atoms with Crippen LogP contribution in [-0.4, -0.2) is 101 Å². The van der Waals surface area contributed by atoms with Crippen LogP contribution in [-0.2, 0) is 34.4 Å². The van der Waals surface area contributed by atoms with Crippen molar-refractivity contribution in [1.29, 1.82) is 0 Å². The Bertz CT molecular complexity index is 2060. The molecule has 2 aromatic heterocycles. The molecule has 2 saturated heterocycles. The van der Waals surface area contributed by atoms with Gasteiger partial charge in [0, 0.05) is 50.0 Å². The number of anilines is 2. The predicted octanol–water partition coefficient (Wildman–Crippen LogP) is 2.05. The molecule has 2 aromatic carbocycles. The Morgan fingerprint density at radius 2 is 1.25 bits per heavy atom. The molecule has 2 fully saturated rings. The lowest BCUT2D eigenvalue weighted by molar-refractivity contribution is -0.191. The summed E-state index contributed by atoms with van der Waals surface area (Å²) in [6, 6.07) is 11.4. The van der Waals surface area contributed by atoms with Gasteiger partial charge in [-0.2, -0.15) is 9.59 Å². The summed E-state index contributed by atoms with van der Waals surface area (Å²) in [6.07, 6.45) is 9.71. The summed E-state index contributed by atoms with van der Waals surface area (Å²) < 4.78 is 55.3. The number of benzene rings is 2. The molecule has 18 heteroatoms. The number of sulfonamides is 2. The minimum Gasteiger partial charge on any atom is -0.429 e. The first-order chi connectivity index (χ1) is 24.3. The number of hydrogen-bond acceptors (Lipinski definition) is 14. The van der Waals surface area contributed by atoms with Crippen molar-refractivity contribution >= 4 is 66.1 Å². The van der Waals surface area contributed by atoms with Crippen LogP contribution >= 0.6 is 0 Å². The summed E-state index contributed by atoms with van der Waals surface area (Å²) in [6.45, 7) is 6.63. The zero-order chi connectivity index (χ0) is 37.0. The predicted molar refractivity (Wildman–Crippen MR) is 191 cm³/mol. The summed E-state index contributed by atoms with van der Waals surface area (Å²) >= 11 is 0. The van der Waals surface area contributed by atoms with Crippen LogP contribution in [0.4, 0.5) is 11.6 Å². The molecule has 0 saturated carbocycles. The van der Waals surface area contributed by atoms with E-state index in [4.69, 9.17) is 14.3 Å². The number of aryl methyl sites for hydroxylation is 1. The van der Waals surface area contributed by atoms with Crippen molar-refractivity contribution in [1.82, 2.24) is 29.4 Å². The molecule has 16 nitrogen and oxygen atoms in total. The molecule has 0 radical (unpaired) electrons. The van der Waals surface area contributed by atoms with E-state index in [9.17, 15) is 21.6 Å². The first kappa shape index (κ1) is 39.2. The van der Waals surface area contributed by atoms with Gasteiger partial charge in [-0.3, -0.25) is 4.79 Å². The van der Waals surface area contributed by atoms with Crippen LogP contribution in [0.3, 0.4) is 0 Å². The smallest absolute Gasteiger partial charge is 0.373 e. The summed E-state index contributed by atoms with van der Waals surface area (Å²) in [5, 5.41) is 1.86. The second-order valence-electron chi connectivity index (χ2n) is 12.5. The highest BCUT2D eigenvalue weighted by Gasteiger charge is 2.25. The topological polar surface area (TPSA) is 211 Å². The summed E-state index contributed by atoms with van der Waals surface area (Å²) in [5.74, 6) is 2.66. The number of carbonyl (C=O) groups excluding carboxylic acids is 3. The molecule has 2 atom stereocenters. The van der Waals surface area contributed by atoms with Crippen molar-refractivity contribution < 1.29 is 36.0 Å². The largest absolute Gasteiger partial charge is 0.429 e. The van der Waals surface area contributed by atoms with Gasteiger partial charge in [-0.1, -0.05) is 11.6 Å². The maximum Gasteiger partial charge on any atom is 0.373 e. The van der Waals surface area contributed by atoms with E-state index in [1.165, 1.54) is 24.4 Å². The first-order valence-electron chi connectivity index (χ1n) is 16.2. The van der Waals surface area contributed by atoms with Crippen LogP contribution in [0.25, 0.3) is 21.8 Å². The minimum absolute atomic E-state index is 0.211.